The first-order chi connectivity index (χ1) is 46.6. The maximum absolute atomic E-state index is 11.4. The number of methoxy groups -OCH3 is 3. The third kappa shape index (κ3) is 39.4. The number of likely N-dealkylation sites (N-methyl/N-ethyl adjacent to an activating group) is 3. The number of nitrogens with two attached hydrogens (primary N) is 2. The van der Waals surface area contributed by atoms with Crippen LogP contribution in [0.15, 0.2) is 146 Å². The number of cyclic esters (lactones) is 1. The van der Waals surface area contributed by atoms with E-state index in [1.54, 1.807) is 74.8 Å². The Morgan fingerprint density at radius 1 is 0.505 bits per heavy atom. The van der Waals surface area contributed by atoms with Crippen molar-refractivity contribution in [3.05, 3.63) is 179 Å². The summed E-state index contributed by atoms with van der Waals surface area (Å²) in [5, 5.41) is 57.4. The van der Waals surface area contributed by atoms with E-state index in [-0.39, 0.29) is 72.5 Å². The van der Waals surface area contributed by atoms with Crippen molar-refractivity contribution in [2.75, 3.05) is 80.8 Å². The summed E-state index contributed by atoms with van der Waals surface area (Å²) in [4.78, 5) is 55.0. The Hall–Kier alpha value is -8.49. The molecular formula is C73H105BrN6O17. The molecule has 0 aliphatic carbocycles. The number of nitrogens with one attached hydrogen (secondary N) is 4. The zero-order chi connectivity index (χ0) is 72.3. The number of alkyl carbamates (subject to hydrolysis) is 1. The Kier molecular flexibility index (Phi) is 47.0. The molecule has 0 aromatic heterocycles. The second kappa shape index (κ2) is 52.7. The van der Waals surface area contributed by atoms with Gasteiger partial charge in [0.2, 0.25) is 0 Å². The number of aliphatic carboxylic acids is 1. The predicted octanol–water partition coefficient (Wildman–Crippen LogP) is 8.77. The maximum Gasteiger partial charge on any atom is 0.407 e. The Morgan fingerprint density at radius 2 is 0.825 bits per heavy atom. The van der Waals surface area contributed by atoms with E-state index in [4.69, 9.17) is 60.7 Å². The molecule has 0 unspecified atom stereocenters. The quantitative estimate of drug-likeness (QED) is 0.0114. The van der Waals surface area contributed by atoms with Gasteiger partial charge in [0.1, 0.15) is 65.3 Å². The van der Waals surface area contributed by atoms with Crippen LogP contribution in [0.4, 0.5) is 4.79 Å². The van der Waals surface area contributed by atoms with Crippen molar-refractivity contribution in [2.24, 2.45) is 11.5 Å². The highest BCUT2D eigenvalue weighted by atomic mass is 79.9. The first-order valence-electron chi connectivity index (χ1n) is 32.2. The molecule has 1 fully saturated rings. The number of carbonyl (C=O) groups excluding carboxylic acids is 4. The predicted molar refractivity (Wildman–Crippen MR) is 381 cm³/mol. The number of esters is 3. The fraction of sp³-hybridized carbons (Fsp3) is 0.438. The van der Waals surface area contributed by atoms with E-state index >= 15 is 0 Å². The van der Waals surface area contributed by atoms with E-state index in [0.29, 0.717) is 25.9 Å². The van der Waals surface area contributed by atoms with Crippen molar-refractivity contribution in [3.8, 4) is 34.5 Å². The fourth-order valence-corrected chi connectivity index (χ4v) is 8.28. The number of amides is 1. The molecule has 0 bridgehead atoms. The van der Waals surface area contributed by atoms with Gasteiger partial charge in [0.15, 0.2) is 0 Å². The van der Waals surface area contributed by atoms with Crippen molar-refractivity contribution in [3.63, 3.8) is 0 Å². The summed E-state index contributed by atoms with van der Waals surface area (Å²) in [6, 6.07) is 41.5. The zero-order valence-electron chi connectivity index (χ0n) is 57.8. The van der Waals surface area contributed by atoms with Crippen molar-refractivity contribution in [1.82, 2.24) is 21.3 Å². The van der Waals surface area contributed by atoms with Crippen LogP contribution in [0.3, 0.4) is 0 Å². The van der Waals surface area contributed by atoms with Crippen molar-refractivity contribution >= 4 is 45.9 Å². The highest BCUT2D eigenvalue weighted by molar-refractivity contribution is 9.09. The molecule has 536 valence electrons. The van der Waals surface area contributed by atoms with Gasteiger partial charge in [-0.2, -0.15) is 0 Å². The molecule has 0 saturated carbocycles. The molecule has 0 spiro atoms. The van der Waals surface area contributed by atoms with Gasteiger partial charge in [-0.15, -0.1) is 0 Å². The number of rotatable bonds is 30. The van der Waals surface area contributed by atoms with E-state index < -0.39 is 24.0 Å². The fourth-order valence-electron chi connectivity index (χ4n) is 8.28. The summed E-state index contributed by atoms with van der Waals surface area (Å²) in [6.45, 7) is 11.2. The first-order valence-corrected chi connectivity index (χ1v) is 33.3. The van der Waals surface area contributed by atoms with Gasteiger partial charge in [0.05, 0.1) is 53.8 Å². The number of aromatic hydroxyl groups is 3. The van der Waals surface area contributed by atoms with E-state index in [2.05, 4.69) is 74.4 Å². The highest BCUT2D eigenvalue weighted by Gasteiger charge is 2.23. The number of halogens is 1. The smallest absolute Gasteiger partial charge is 0.407 e. The van der Waals surface area contributed by atoms with Gasteiger partial charge in [0, 0.05) is 11.4 Å². The Morgan fingerprint density at radius 3 is 1.10 bits per heavy atom. The molecule has 1 aliphatic heterocycles. The monoisotopic (exact) mass is 1420 g/mol. The third-order valence-electron chi connectivity index (χ3n) is 13.8. The number of aliphatic hydroxyl groups excluding tert-OH is 1. The minimum Gasteiger partial charge on any atom is -0.508 e. The van der Waals surface area contributed by atoms with E-state index in [1.165, 1.54) is 51.0 Å². The number of hydrogen-bond donors (Lipinski definition) is 11. The molecule has 6 atom stereocenters. The molecule has 97 heavy (non-hydrogen) atoms. The zero-order valence-corrected chi connectivity index (χ0v) is 59.4. The summed E-state index contributed by atoms with van der Waals surface area (Å²) in [6.07, 6.45) is 7.40. The lowest BCUT2D eigenvalue weighted by Gasteiger charge is -2.13. The van der Waals surface area contributed by atoms with Gasteiger partial charge >= 0.3 is 30.0 Å². The number of carboxylic acid groups (broad SMARTS) is 1. The number of carboxylic acids is 1. The molecule has 13 N–H and O–H groups in total. The summed E-state index contributed by atoms with van der Waals surface area (Å²) in [5.74, 6) is 1.25. The number of hydrogen-bond acceptors (Lipinski definition) is 21. The molecule has 1 amide bonds. The van der Waals surface area contributed by atoms with Gasteiger partial charge in [-0.1, -0.05) is 116 Å². The number of aliphatic hydroxyl groups is 1. The Balaban J connectivity index is 0.000000577. The lowest BCUT2D eigenvalue weighted by Crippen LogP contribution is -2.36. The minimum absolute atomic E-state index is 0.0879. The van der Waals surface area contributed by atoms with Crippen LogP contribution in [-0.2, 0) is 76.7 Å². The molecule has 6 aromatic rings. The summed E-state index contributed by atoms with van der Waals surface area (Å²) < 4.78 is 35.2. The molecular weight excluding hydrogens is 1310 g/mol. The van der Waals surface area contributed by atoms with Crippen LogP contribution in [0.2, 0.25) is 0 Å². The second-order valence-corrected chi connectivity index (χ2v) is 22.6. The van der Waals surface area contributed by atoms with E-state index in [0.717, 1.165) is 96.8 Å². The topological polar surface area (TPSA) is 351 Å². The highest BCUT2D eigenvalue weighted by Crippen LogP contribution is 2.19. The van der Waals surface area contributed by atoms with Gasteiger partial charge in [-0.25, -0.2) is 4.79 Å². The van der Waals surface area contributed by atoms with Crippen molar-refractivity contribution in [2.45, 2.75) is 128 Å². The van der Waals surface area contributed by atoms with Gasteiger partial charge < -0.3 is 91.4 Å². The number of phenols is 3. The third-order valence-corrected chi connectivity index (χ3v) is 14.6. The summed E-state index contributed by atoms with van der Waals surface area (Å²) in [7, 11) is 9.39. The minimum atomic E-state index is -1.02. The normalized spacial score (nSPS) is 13.1. The molecule has 24 heteroatoms. The molecule has 6 aromatic carbocycles. The SMILES string of the molecule is CCCBr.CCCOc1ccc(C[C@@H](CO)NC)cc1.CCCOc1ccc(C[C@H](NC)C(=O)OC)cc1.CCCOc1ccc(C[C@H]2COC(=O)N2)cc1.CN[C@@H](Cc1ccc(O)cc1)C(=O)OC.COC(=O)[C@@H](N)Cc1ccc(O)cc1.N[C@@H](Cc1ccc(O)cc1)C(=O)O. The maximum atomic E-state index is 11.4. The van der Waals surface area contributed by atoms with Gasteiger partial charge in [-0.3, -0.25) is 19.2 Å². The number of alkyl halides is 1. The van der Waals surface area contributed by atoms with Crippen molar-refractivity contribution in [1.29, 1.82) is 0 Å². The lowest BCUT2D eigenvalue weighted by atomic mass is 10.1. The van der Waals surface area contributed by atoms with Crippen LogP contribution in [0.25, 0.3) is 0 Å². The number of benzene rings is 6. The van der Waals surface area contributed by atoms with Crippen LogP contribution < -0.4 is 46.9 Å². The van der Waals surface area contributed by atoms with Crippen LogP contribution in [0, 0.1) is 0 Å². The van der Waals surface area contributed by atoms with Crippen LogP contribution in [0.1, 0.15) is 86.8 Å². The standard InChI is InChI=1S/C14H21NO3.C13H17NO3.C13H21NO2.C11H15NO3.C10H13NO3.C9H11NO3.C3H7Br/c1-4-9-18-12-7-5-11(6-8-12)10-13(15-2)14(16)17-3;1-2-7-16-12-5-3-10(4-6-12)8-11-9-17-13(15)14-11;1-3-8-16-13-6-4-11(5-7-13)9-12(10-15)14-2;1-12-10(11(14)15-2)7-8-3-5-9(13)6-4-8;1-14-10(13)9(11)6-7-2-4-8(12)5-3-7;10-8(9(12)13)5-6-1-3-7(11)4-2-6;1-2-3-4/h5-8,13,15H,4,9-10H2,1-3H3;3-6,11H,2,7-9H2,1H3,(H,14,15);4-7,12,14-15H,3,8-10H2,1-2H3;3-6,10,12-13H,7H2,1-2H3;2-5,9,12H,6,11H2,1H3;1-4,8,11H,5,10H2,(H,12,13);2-3H2,1H3/t13-;11-;12-;10-;9-;8-;/m000000./s1. The van der Waals surface area contributed by atoms with Crippen LogP contribution in [-0.4, -0.2) is 173 Å². The molecule has 7 rings (SSSR count). The molecule has 0 radical (unpaired) electrons. The number of ether oxygens (including phenoxy) is 7. The number of phenolic OH excluding ortho intramolecular Hbond substituents is 3. The van der Waals surface area contributed by atoms with E-state index in [1.807, 2.05) is 79.8 Å². The average molecular weight is 1420 g/mol. The summed E-state index contributed by atoms with van der Waals surface area (Å²) >= 11 is 3.25. The lowest BCUT2D eigenvalue weighted by molar-refractivity contribution is -0.143. The first kappa shape index (κ1) is 86.5. The van der Waals surface area contributed by atoms with E-state index in [9.17, 15) is 24.0 Å². The number of carbonyl (C=O) groups is 5. The average Bonchev–Trinajstić information content (AvgIpc) is 1.98. The van der Waals surface area contributed by atoms with Crippen LogP contribution >= 0.6 is 15.9 Å². The van der Waals surface area contributed by atoms with Crippen LogP contribution in [0.5, 0.6) is 34.5 Å². The molecule has 1 aliphatic rings. The Labute approximate surface area is 581 Å². The summed E-state index contributed by atoms with van der Waals surface area (Å²) in [5.41, 5.74) is 17.0. The Bertz CT molecular complexity index is 3030. The second-order valence-electron chi connectivity index (χ2n) is 21.8. The van der Waals surface area contributed by atoms with Crippen molar-refractivity contribution < 1.29 is 82.7 Å². The largest absolute Gasteiger partial charge is 0.508 e. The van der Waals surface area contributed by atoms with Gasteiger partial charge in [0.25, 0.3) is 0 Å². The molecule has 1 saturated heterocycles. The molecule has 1 heterocycles. The van der Waals surface area contributed by atoms with Gasteiger partial charge in [-0.05, 0) is 192 Å². The molecule has 23 nitrogen and oxygen atoms in total.